The largest absolute Gasteiger partial charge is 0.497 e. The van der Waals surface area contributed by atoms with E-state index in [2.05, 4.69) is 25.4 Å². The SMILES string of the molecule is COc1ccc(-c2cc(=O)n(CCNC(=O)C3CN(c4cc(-n5cccn5)ncn4)C3)cn2)cc1. The van der Waals surface area contributed by atoms with Crippen LogP contribution in [-0.2, 0) is 11.3 Å². The number of rotatable bonds is 8. The molecule has 1 fully saturated rings. The van der Waals surface area contributed by atoms with E-state index in [-0.39, 0.29) is 17.4 Å². The molecule has 11 nitrogen and oxygen atoms in total. The zero-order chi connectivity index (χ0) is 24.2. The molecule has 4 aromatic rings. The first-order valence-electron chi connectivity index (χ1n) is 11.2. The summed E-state index contributed by atoms with van der Waals surface area (Å²) in [7, 11) is 1.60. The van der Waals surface area contributed by atoms with Gasteiger partial charge in [-0.1, -0.05) is 0 Å². The second-order valence-corrected chi connectivity index (χ2v) is 8.11. The van der Waals surface area contributed by atoms with Gasteiger partial charge in [-0.05, 0) is 30.3 Å². The molecule has 3 aromatic heterocycles. The van der Waals surface area contributed by atoms with Gasteiger partial charge < -0.3 is 15.0 Å². The number of hydrogen-bond acceptors (Lipinski definition) is 8. The Morgan fingerprint density at radius 1 is 1.11 bits per heavy atom. The van der Waals surface area contributed by atoms with E-state index in [4.69, 9.17) is 4.74 Å². The van der Waals surface area contributed by atoms with Crippen molar-refractivity contribution in [3.8, 4) is 22.8 Å². The van der Waals surface area contributed by atoms with Crippen molar-refractivity contribution in [2.45, 2.75) is 6.54 Å². The van der Waals surface area contributed by atoms with Gasteiger partial charge >= 0.3 is 0 Å². The Kier molecular flexibility index (Phi) is 6.20. The summed E-state index contributed by atoms with van der Waals surface area (Å²) < 4.78 is 8.30. The lowest BCUT2D eigenvalue weighted by Crippen LogP contribution is -2.54. The number of carbonyl (C=O) groups is 1. The molecule has 0 bridgehead atoms. The fourth-order valence-corrected chi connectivity index (χ4v) is 3.83. The number of nitrogens with one attached hydrogen (secondary N) is 1. The van der Waals surface area contributed by atoms with Gasteiger partial charge in [-0.2, -0.15) is 5.10 Å². The highest BCUT2D eigenvalue weighted by Gasteiger charge is 2.33. The first kappa shape index (κ1) is 22.3. The molecule has 0 atom stereocenters. The van der Waals surface area contributed by atoms with E-state index in [1.165, 1.54) is 23.3 Å². The van der Waals surface area contributed by atoms with Gasteiger partial charge in [-0.3, -0.25) is 14.2 Å². The summed E-state index contributed by atoms with van der Waals surface area (Å²) in [6.07, 6.45) is 6.49. The van der Waals surface area contributed by atoms with Crippen molar-refractivity contribution in [3.05, 3.63) is 77.9 Å². The predicted molar refractivity (Wildman–Crippen MR) is 128 cm³/mol. The Hall–Kier alpha value is -4.54. The molecule has 1 saturated heterocycles. The van der Waals surface area contributed by atoms with Crippen LogP contribution in [0, 0.1) is 5.92 Å². The zero-order valence-electron chi connectivity index (χ0n) is 19.1. The number of aromatic nitrogens is 6. The van der Waals surface area contributed by atoms with E-state index >= 15 is 0 Å². The van der Waals surface area contributed by atoms with Crippen LogP contribution in [0.5, 0.6) is 5.75 Å². The highest BCUT2D eigenvalue weighted by Crippen LogP contribution is 2.23. The van der Waals surface area contributed by atoms with Crippen molar-refractivity contribution in [3.63, 3.8) is 0 Å². The van der Waals surface area contributed by atoms with E-state index in [1.54, 1.807) is 18.0 Å². The van der Waals surface area contributed by atoms with Gasteiger partial charge in [-0.25, -0.2) is 19.6 Å². The number of hydrogen-bond donors (Lipinski definition) is 1. The van der Waals surface area contributed by atoms with Gasteiger partial charge in [0.25, 0.3) is 5.56 Å². The molecule has 1 aliphatic rings. The fourth-order valence-electron chi connectivity index (χ4n) is 3.83. The average Bonchev–Trinajstić information content (AvgIpc) is 3.40. The molecule has 11 heteroatoms. The second kappa shape index (κ2) is 9.75. The lowest BCUT2D eigenvalue weighted by atomic mass is 9.99. The Morgan fingerprint density at radius 2 is 1.91 bits per heavy atom. The van der Waals surface area contributed by atoms with E-state index in [1.807, 2.05) is 47.5 Å². The minimum atomic E-state index is -0.174. The van der Waals surface area contributed by atoms with Crippen molar-refractivity contribution >= 4 is 11.7 Å². The molecule has 35 heavy (non-hydrogen) atoms. The topological polar surface area (TPSA) is 120 Å². The molecule has 0 aliphatic carbocycles. The smallest absolute Gasteiger partial charge is 0.253 e. The molecule has 5 rings (SSSR count). The van der Waals surface area contributed by atoms with E-state index in [0.717, 1.165) is 17.1 Å². The summed E-state index contributed by atoms with van der Waals surface area (Å²) in [6.45, 7) is 1.82. The van der Waals surface area contributed by atoms with Gasteiger partial charge in [0.1, 0.15) is 17.9 Å². The Bertz CT molecular complexity index is 1360. The second-order valence-electron chi connectivity index (χ2n) is 8.11. The van der Waals surface area contributed by atoms with Gasteiger partial charge in [0.15, 0.2) is 5.82 Å². The summed E-state index contributed by atoms with van der Waals surface area (Å²) in [4.78, 5) is 39.9. The molecule has 1 amide bonds. The summed E-state index contributed by atoms with van der Waals surface area (Å²) in [5.74, 6) is 1.99. The van der Waals surface area contributed by atoms with E-state index in [9.17, 15) is 9.59 Å². The number of methoxy groups -OCH3 is 1. The van der Waals surface area contributed by atoms with Crippen molar-refractivity contribution in [1.82, 2.24) is 34.6 Å². The number of amides is 1. The van der Waals surface area contributed by atoms with Crippen LogP contribution in [-0.4, -0.2) is 62.0 Å². The number of nitrogens with zero attached hydrogens (tertiary/aromatic N) is 7. The van der Waals surface area contributed by atoms with E-state index in [0.29, 0.717) is 37.7 Å². The van der Waals surface area contributed by atoms with Crippen LogP contribution < -0.4 is 20.5 Å². The number of benzene rings is 1. The number of carbonyl (C=O) groups excluding carboxylic acids is 1. The number of ether oxygens (including phenoxy) is 1. The molecule has 1 aromatic carbocycles. The van der Waals surface area contributed by atoms with Gasteiger partial charge in [0.05, 0.1) is 25.0 Å². The summed E-state index contributed by atoms with van der Waals surface area (Å²) in [6, 6.07) is 12.5. The molecule has 1 aliphatic heterocycles. The predicted octanol–water partition coefficient (Wildman–Crippen LogP) is 1.15. The Labute approximate surface area is 201 Å². The minimum absolute atomic E-state index is 0.0431. The third kappa shape index (κ3) is 4.88. The Balaban J connectivity index is 1.11. The standard InChI is InChI=1S/C24H24N8O3/c1-35-19-5-3-17(4-6-19)20-11-23(33)30(16-28-20)10-8-25-24(34)18-13-31(14-18)21-12-22(27-15-26-21)32-9-2-7-29-32/h2-7,9,11-12,15-16,18H,8,10,13-14H2,1H3,(H,25,34). The maximum atomic E-state index is 12.5. The molecule has 1 N–H and O–H groups in total. The molecule has 178 valence electrons. The van der Waals surface area contributed by atoms with Crippen LogP contribution in [0.1, 0.15) is 0 Å². The van der Waals surface area contributed by atoms with Crippen LogP contribution in [0.15, 0.2) is 72.3 Å². The van der Waals surface area contributed by atoms with Crippen molar-refractivity contribution < 1.29 is 9.53 Å². The van der Waals surface area contributed by atoms with Crippen LogP contribution in [0.3, 0.4) is 0 Å². The molecular formula is C24H24N8O3. The van der Waals surface area contributed by atoms with Crippen LogP contribution in [0.4, 0.5) is 5.82 Å². The number of anilines is 1. The molecule has 4 heterocycles. The minimum Gasteiger partial charge on any atom is -0.497 e. The maximum Gasteiger partial charge on any atom is 0.253 e. The van der Waals surface area contributed by atoms with E-state index < -0.39 is 0 Å². The first-order chi connectivity index (χ1) is 17.1. The molecule has 0 spiro atoms. The monoisotopic (exact) mass is 472 g/mol. The van der Waals surface area contributed by atoms with Crippen LogP contribution in [0.25, 0.3) is 17.1 Å². The highest BCUT2D eigenvalue weighted by atomic mass is 16.5. The van der Waals surface area contributed by atoms with Crippen LogP contribution in [0.2, 0.25) is 0 Å². The van der Waals surface area contributed by atoms with Crippen molar-refractivity contribution in [2.75, 3.05) is 31.6 Å². The fraction of sp³-hybridized carbons (Fsp3) is 0.250. The zero-order valence-corrected chi connectivity index (χ0v) is 19.1. The van der Waals surface area contributed by atoms with Gasteiger partial charge in [0, 0.05) is 56.3 Å². The summed E-state index contributed by atoms with van der Waals surface area (Å²) in [5.41, 5.74) is 1.25. The van der Waals surface area contributed by atoms with Gasteiger partial charge in [0.2, 0.25) is 5.91 Å². The molecule has 0 unspecified atom stereocenters. The average molecular weight is 473 g/mol. The quantitative estimate of drug-likeness (QED) is 0.406. The highest BCUT2D eigenvalue weighted by molar-refractivity contribution is 5.81. The van der Waals surface area contributed by atoms with Crippen molar-refractivity contribution in [1.29, 1.82) is 0 Å². The lowest BCUT2D eigenvalue weighted by molar-refractivity contribution is -0.125. The summed E-state index contributed by atoms with van der Waals surface area (Å²) in [5, 5.41) is 7.09. The Morgan fingerprint density at radius 3 is 2.63 bits per heavy atom. The molecule has 0 radical (unpaired) electrons. The maximum absolute atomic E-state index is 12.5. The van der Waals surface area contributed by atoms with Crippen molar-refractivity contribution in [2.24, 2.45) is 5.92 Å². The van der Waals surface area contributed by atoms with Gasteiger partial charge in [-0.15, -0.1) is 0 Å². The lowest BCUT2D eigenvalue weighted by Gasteiger charge is -2.39. The third-order valence-electron chi connectivity index (χ3n) is 5.87. The first-order valence-corrected chi connectivity index (χ1v) is 11.2. The normalized spacial score (nSPS) is 13.3. The summed E-state index contributed by atoms with van der Waals surface area (Å²) >= 11 is 0. The van der Waals surface area contributed by atoms with Crippen LogP contribution >= 0.6 is 0 Å². The molecule has 0 saturated carbocycles. The third-order valence-corrected chi connectivity index (χ3v) is 5.87. The molecular weight excluding hydrogens is 448 g/mol.